The number of benzene rings is 1. The van der Waals surface area contributed by atoms with Gasteiger partial charge in [0, 0.05) is 83.3 Å². The number of carbonyl (C=O) groups is 4. The SMILES string of the molecule is O=C(Cc1cccs1)N[C@@H]1C(=O)N2C(C(=O)[O-])=C(CS(=O)CCN3CCN(c4cc5c(cc4F)c(=O)c(C(=O)[O-])cn5C4CC4)CC3)CS[C@H]12.[Na+].[Na+]. The summed E-state index contributed by atoms with van der Waals surface area (Å²) in [4.78, 5) is 67.8. The van der Waals surface area contributed by atoms with Gasteiger partial charge in [-0.1, -0.05) is 6.07 Å². The number of carboxylic acids is 2. The van der Waals surface area contributed by atoms with Gasteiger partial charge in [0.1, 0.15) is 17.2 Å². The molecule has 2 aromatic heterocycles. The van der Waals surface area contributed by atoms with Crippen molar-refractivity contribution < 1.29 is 97.1 Å². The van der Waals surface area contributed by atoms with E-state index >= 15 is 4.39 Å². The zero-order chi connectivity index (χ0) is 35.3. The summed E-state index contributed by atoms with van der Waals surface area (Å²) in [6.45, 7) is 2.46. The molecule has 5 heterocycles. The molecule has 52 heavy (non-hydrogen) atoms. The van der Waals surface area contributed by atoms with Crippen molar-refractivity contribution in [2.45, 2.75) is 36.7 Å². The monoisotopic (exact) mass is 787 g/mol. The van der Waals surface area contributed by atoms with Crippen molar-refractivity contribution in [2.75, 3.05) is 54.9 Å². The maximum Gasteiger partial charge on any atom is 1.00 e. The topological polar surface area (TPSA) is 175 Å². The van der Waals surface area contributed by atoms with Crippen LogP contribution < -0.4 is 85.0 Å². The summed E-state index contributed by atoms with van der Waals surface area (Å²) in [5, 5.41) is 27.7. The molecule has 4 aliphatic rings. The molecule has 1 aliphatic carbocycles. The molecule has 3 aromatic rings. The van der Waals surface area contributed by atoms with E-state index in [1.54, 1.807) is 10.6 Å². The average Bonchev–Trinajstić information content (AvgIpc) is 3.81. The number of hydrogen-bond acceptors (Lipinski definition) is 12. The summed E-state index contributed by atoms with van der Waals surface area (Å²) in [7, 11) is -1.44. The van der Waals surface area contributed by atoms with E-state index in [2.05, 4.69) is 10.2 Å². The van der Waals surface area contributed by atoms with Crippen molar-refractivity contribution in [2.24, 2.45) is 0 Å². The number of aromatic carboxylic acids is 1. The van der Waals surface area contributed by atoms with Gasteiger partial charge in [-0.3, -0.25) is 28.4 Å². The summed E-state index contributed by atoms with van der Waals surface area (Å²) in [6, 6.07) is 5.55. The second-order valence-corrected chi connectivity index (χ2v) is 16.4. The molecule has 3 aliphatic heterocycles. The fraction of sp³-hybridized carbons (Fsp3) is 0.424. The quantitative estimate of drug-likeness (QED) is 0.137. The Kier molecular flexibility index (Phi) is 13.6. The van der Waals surface area contributed by atoms with Gasteiger partial charge in [-0.25, -0.2) is 4.39 Å². The third-order valence-corrected chi connectivity index (χ3v) is 12.9. The number of fused-ring (bicyclic) bond motifs is 2. The first-order chi connectivity index (χ1) is 24.0. The molecule has 19 heteroatoms. The summed E-state index contributed by atoms with van der Waals surface area (Å²) in [6.07, 6.45) is 3.07. The molecule has 0 spiro atoms. The van der Waals surface area contributed by atoms with Crippen LogP contribution in [-0.2, 0) is 31.6 Å². The van der Waals surface area contributed by atoms with Crippen LogP contribution in [0.4, 0.5) is 10.1 Å². The minimum atomic E-state index is -1.60. The Hall–Kier alpha value is -2.06. The fourth-order valence-electron chi connectivity index (χ4n) is 6.69. The van der Waals surface area contributed by atoms with Gasteiger partial charge in [-0.15, -0.1) is 23.1 Å². The molecule has 1 saturated carbocycles. The standard InChI is InChI=1S/C33H34FN5O8S3.2Na/c34-23-13-21-24(38(19-3-4-19)15-22(29(21)41)32(43)44)14-25(23)37-7-5-36(6-8-37)9-11-50(47)17-18-16-49-31-27(30(42)39(31)28(18)33(45)46)35-26(40)12-20-2-1-10-48-20;;/h1-2,10,13-15,19,27,31H,3-9,11-12,16-17H2,(H,35,40)(H,43,44)(H,45,46);;/q;2*+1/p-2/t27-,31-,50?;;/m1../s1. The zero-order valence-corrected chi connectivity index (χ0v) is 35.1. The number of hydrogen-bond donors (Lipinski definition) is 1. The number of carboxylic acid groups (broad SMARTS) is 2. The smallest absolute Gasteiger partial charge is 0.545 e. The van der Waals surface area contributed by atoms with Crippen LogP contribution in [0.5, 0.6) is 0 Å². The summed E-state index contributed by atoms with van der Waals surface area (Å²) in [5.41, 5.74) is -0.392. The number of anilines is 1. The fourth-order valence-corrected chi connectivity index (χ4v) is 10.1. The molecule has 1 aromatic carbocycles. The molecule has 264 valence electrons. The Morgan fingerprint density at radius 3 is 2.40 bits per heavy atom. The molecule has 2 saturated heterocycles. The number of β-lactam (4-membered cyclic amide) rings is 1. The largest absolute Gasteiger partial charge is 1.00 e. The third-order valence-electron chi connectivity index (χ3n) is 9.42. The van der Waals surface area contributed by atoms with E-state index in [-0.39, 0.29) is 106 Å². The van der Waals surface area contributed by atoms with Gasteiger partial charge in [0.25, 0.3) is 5.91 Å². The van der Waals surface area contributed by atoms with Gasteiger partial charge in [-0.2, -0.15) is 0 Å². The van der Waals surface area contributed by atoms with E-state index in [0.29, 0.717) is 49.5 Å². The van der Waals surface area contributed by atoms with Crippen molar-refractivity contribution in [1.82, 2.24) is 19.7 Å². The van der Waals surface area contributed by atoms with Gasteiger partial charge in [0.2, 0.25) is 5.91 Å². The van der Waals surface area contributed by atoms with Crippen LogP contribution in [0, 0.1) is 5.82 Å². The maximum absolute atomic E-state index is 15.4. The summed E-state index contributed by atoms with van der Waals surface area (Å²) in [5.74, 6) is -4.15. The molecular formula is C33H32FN5Na2O8S3. The van der Waals surface area contributed by atoms with Crippen molar-refractivity contribution in [3.05, 3.63) is 73.6 Å². The second-order valence-electron chi connectivity index (χ2n) is 12.7. The molecule has 0 bridgehead atoms. The number of thiophene rings is 1. The number of aromatic nitrogens is 1. The Morgan fingerprint density at radius 1 is 1.04 bits per heavy atom. The maximum atomic E-state index is 15.4. The predicted octanol–water partition coefficient (Wildman–Crippen LogP) is -6.57. The van der Waals surface area contributed by atoms with Crippen LogP contribution in [0.25, 0.3) is 10.9 Å². The van der Waals surface area contributed by atoms with E-state index in [9.17, 15) is 38.4 Å². The molecule has 13 nitrogen and oxygen atoms in total. The molecule has 2 amide bonds. The van der Waals surface area contributed by atoms with Crippen LogP contribution in [-0.4, -0.2) is 104 Å². The Bertz CT molecular complexity index is 2020. The van der Waals surface area contributed by atoms with Gasteiger partial charge >= 0.3 is 59.1 Å². The van der Waals surface area contributed by atoms with E-state index < -0.39 is 56.9 Å². The first-order valence-corrected chi connectivity index (χ1v) is 19.5. The van der Waals surface area contributed by atoms with Crippen LogP contribution in [0.1, 0.15) is 34.1 Å². The number of aliphatic carboxylic acids is 1. The summed E-state index contributed by atoms with van der Waals surface area (Å²) >= 11 is 2.74. The minimum Gasteiger partial charge on any atom is -0.545 e. The normalized spacial score (nSPS) is 20.8. The average molecular weight is 788 g/mol. The number of piperazine rings is 1. The zero-order valence-electron chi connectivity index (χ0n) is 28.6. The van der Waals surface area contributed by atoms with E-state index in [4.69, 9.17) is 0 Å². The van der Waals surface area contributed by atoms with Gasteiger partial charge in [0.15, 0.2) is 5.43 Å². The second kappa shape index (κ2) is 17.2. The number of halogens is 1. The summed E-state index contributed by atoms with van der Waals surface area (Å²) < 4.78 is 30.2. The Balaban J connectivity index is 0.00000261. The van der Waals surface area contributed by atoms with E-state index in [1.165, 1.54) is 29.3 Å². The Labute approximate surface area is 353 Å². The number of nitrogens with zero attached hydrogens (tertiary/aromatic N) is 4. The molecule has 7 rings (SSSR count). The minimum absolute atomic E-state index is 0. The molecule has 3 fully saturated rings. The van der Waals surface area contributed by atoms with Gasteiger partial charge in [0.05, 0.1) is 40.8 Å². The molecular weight excluding hydrogens is 756 g/mol. The van der Waals surface area contributed by atoms with Crippen molar-refractivity contribution in [1.29, 1.82) is 0 Å². The van der Waals surface area contributed by atoms with Crippen molar-refractivity contribution in [3.63, 3.8) is 0 Å². The number of thioether (sulfide) groups is 1. The third kappa shape index (κ3) is 8.43. The Morgan fingerprint density at radius 2 is 1.77 bits per heavy atom. The van der Waals surface area contributed by atoms with E-state index in [0.717, 1.165) is 28.7 Å². The molecule has 1 N–H and O–H groups in total. The van der Waals surface area contributed by atoms with Crippen LogP contribution >= 0.6 is 23.1 Å². The first kappa shape index (κ1) is 41.1. The van der Waals surface area contributed by atoms with E-state index in [1.807, 2.05) is 22.4 Å². The van der Waals surface area contributed by atoms with Gasteiger partial charge < -0.3 is 34.6 Å². The van der Waals surface area contributed by atoms with Gasteiger partial charge in [-0.05, 0) is 42.0 Å². The predicted molar refractivity (Wildman–Crippen MR) is 182 cm³/mol. The van der Waals surface area contributed by atoms with Crippen LogP contribution in [0.15, 0.2) is 51.9 Å². The molecule has 0 radical (unpaired) electrons. The number of rotatable bonds is 12. The van der Waals surface area contributed by atoms with Crippen molar-refractivity contribution >= 4 is 74.2 Å². The number of amides is 2. The first-order valence-electron chi connectivity index (χ1n) is 16.1. The number of nitrogens with one attached hydrogen (secondary N) is 1. The number of carbonyl (C=O) groups excluding carboxylic acids is 4. The van der Waals surface area contributed by atoms with Crippen molar-refractivity contribution in [3.8, 4) is 0 Å². The number of pyridine rings is 1. The molecule has 1 unspecified atom stereocenters. The van der Waals surface area contributed by atoms with Crippen LogP contribution in [0.3, 0.4) is 0 Å². The van der Waals surface area contributed by atoms with Crippen LogP contribution in [0.2, 0.25) is 0 Å². The molecule has 3 atom stereocenters.